The number of thioether (sulfide) groups is 1. The monoisotopic (exact) mass is 424 g/mol. The molecule has 2 heterocycles. The lowest BCUT2D eigenvalue weighted by Gasteiger charge is -2.16. The predicted molar refractivity (Wildman–Crippen MR) is 108 cm³/mol. The van der Waals surface area contributed by atoms with Crippen LogP contribution < -0.4 is 16.2 Å². The summed E-state index contributed by atoms with van der Waals surface area (Å²) in [4.78, 5) is 41.0. The average Bonchev–Trinajstić information content (AvgIpc) is 3.16. The van der Waals surface area contributed by atoms with Crippen LogP contribution in [0, 0.1) is 0 Å². The fraction of sp³-hybridized carbons (Fsp3) is 0.444. The molecule has 3 rings (SSSR count). The van der Waals surface area contributed by atoms with Gasteiger partial charge in [-0.05, 0) is 38.0 Å². The van der Waals surface area contributed by atoms with E-state index in [4.69, 9.17) is 16.3 Å². The number of carbonyl (C=O) groups is 2. The van der Waals surface area contributed by atoms with Gasteiger partial charge in [0, 0.05) is 18.2 Å². The zero-order chi connectivity index (χ0) is 20.1. The van der Waals surface area contributed by atoms with Gasteiger partial charge in [-0.25, -0.2) is 9.78 Å². The summed E-state index contributed by atoms with van der Waals surface area (Å²) in [5, 5.41) is 6.05. The highest BCUT2D eigenvalue weighted by Crippen LogP contribution is 2.22. The Hall–Kier alpha value is -2.10. The summed E-state index contributed by atoms with van der Waals surface area (Å²) in [6.45, 7) is 3.21. The molecule has 1 fully saturated rings. The van der Waals surface area contributed by atoms with Gasteiger partial charge in [0.2, 0.25) is 5.91 Å². The van der Waals surface area contributed by atoms with Crippen LogP contribution >= 0.6 is 23.4 Å². The molecule has 10 heteroatoms. The normalized spacial score (nSPS) is 16.3. The molecule has 0 spiro atoms. The Morgan fingerprint density at radius 3 is 2.96 bits per heavy atom. The number of hydrogen-bond acceptors (Lipinski definition) is 6. The van der Waals surface area contributed by atoms with Crippen LogP contribution in [0.3, 0.4) is 0 Å². The number of amides is 3. The number of benzene rings is 1. The Morgan fingerprint density at radius 2 is 2.25 bits per heavy atom. The van der Waals surface area contributed by atoms with Crippen LogP contribution in [0.2, 0.25) is 5.02 Å². The van der Waals surface area contributed by atoms with Crippen LogP contribution in [-0.2, 0) is 16.1 Å². The summed E-state index contributed by atoms with van der Waals surface area (Å²) < 4.78 is 7.19. The third-order valence-electron chi connectivity index (χ3n) is 4.22. The van der Waals surface area contributed by atoms with Gasteiger partial charge in [0.05, 0.1) is 29.3 Å². The molecule has 0 bridgehead atoms. The summed E-state index contributed by atoms with van der Waals surface area (Å²) in [6.07, 6.45) is 1.76. The van der Waals surface area contributed by atoms with Crippen molar-refractivity contribution in [3.05, 3.63) is 33.6 Å². The molecule has 1 saturated heterocycles. The fourth-order valence-electron chi connectivity index (χ4n) is 2.93. The summed E-state index contributed by atoms with van der Waals surface area (Å²) >= 11 is 7.13. The van der Waals surface area contributed by atoms with Crippen LogP contribution in [0.15, 0.2) is 28.2 Å². The van der Waals surface area contributed by atoms with E-state index in [1.54, 1.807) is 25.1 Å². The number of nitrogens with zero attached hydrogens (tertiary/aromatic N) is 2. The van der Waals surface area contributed by atoms with Crippen molar-refractivity contribution in [1.82, 2.24) is 20.2 Å². The molecular formula is C18H21ClN4O4S. The van der Waals surface area contributed by atoms with Crippen LogP contribution in [0.25, 0.3) is 10.9 Å². The smallest absolute Gasteiger partial charge is 0.321 e. The van der Waals surface area contributed by atoms with Crippen molar-refractivity contribution in [1.29, 1.82) is 0 Å². The van der Waals surface area contributed by atoms with Gasteiger partial charge in [0.25, 0.3) is 5.56 Å². The number of nitrogens with one attached hydrogen (secondary N) is 2. The highest BCUT2D eigenvalue weighted by atomic mass is 35.5. The highest BCUT2D eigenvalue weighted by Gasteiger charge is 2.21. The number of fused-ring (bicyclic) bond motifs is 1. The lowest BCUT2D eigenvalue weighted by atomic mass is 10.2. The first kappa shape index (κ1) is 20.6. The zero-order valence-corrected chi connectivity index (χ0v) is 16.9. The van der Waals surface area contributed by atoms with E-state index in [0.717, 1.165) is 24.6 Å². The minimum absolute atomic E-state index is 0.0544. The number of rotatable bonds is 6. The molecule has 0 saturated carbocycles. The minimum atomic E-state index is -0.553. The van der Waals surface area contributed by atoms with Crippen molar-refractivity contribution < 1.29 is 14.3 Å². The summed E-state index contributed by atoms with van der Waals surface area (Å²) in [7, 11) is 0. The Bertz CT molecular complexity index is 943. The number of ether oxygens (including phenoxy) is 1. The van der Waals surface area contributed by atoms with Gasteiger partial charge in [0.1, 0.15) is 0 Å². The van der Waals surface area contributed by atoms with E-state index >= 15 is 0 Å². The van der Waals surface area contributed by atoms with Gasteiger partial charge in [0.15, 0.2) is 5.16 Å². The van der Waals surface area contributed by atoms with Gasteiger partial charge < -0.3 is 10.1 Å². The lowest BCUT2D eigenvalue weighted by molar-refractivity contribution is -0.117. The topological polar surface area (TPSA) is 102 Å². The summed E-state index contributed by atoms with van der Waals surface area (Å²) in [5.74, 6) is -0.527. The Balaban J connectivity index is 1.86. The zero-order valence-electron chi connectivity index (χ0n) is 15.4. The number of aromatic nitrogens is 2. The van der Waals surface area contributed by atoms with E-state index in [1.807, 2.05) is 0 Å². The van der Waals surface area contributed by atoms with Crippen molar-refractivity contribution in [3.63, 3.8) is 0 Å². The minimum Gasteiger partial charge on any atom is -0.376 e. The molecule has 0 radical (unpaired) electrons. The average molecular weight is 425 g/mol. The fourth-order valence-corrected chi connectivity index (χ4v) is 3.91. The second kappa shape index (κ2) is 9.40. The van der Waals surface area contributed by atoms with E-state index in [-0.39, 0.29) is 17.4 Å². The molecule has 1 atom stereocenters. The van der Waals surface area contributed by atoms with Crippen LogP contribution in [0.4, 0.5) is 4.79 Å². The van der Waals surface area contributed by atoms with Crippen molar-refractivity contribution in [2.45, 2.75) is 37.6 Å². The Morgan fingerprint density at radius 1 is 1.43 bits per heavy atom. The molecule has 150 valence electrons. The van der Waals surface area contributed by atoms with E-state index in [9.17, 15) is 14.4 Å². The summed E-state index contributed by atoms with van der Waals surface area (Å²) in [6, 6.07) is 4.36. The molecule has 1 aliphatic heterocycles. The maximum absolute atomic E-state index is 13.0. The second-order valence-electron chi connectivity index (χ2n) is 6.30. The third-order valence-corrected chi connectivity index (χ3v) is 5.43. The first-order valence-corrected chi connectivity index (χ1v) is 10.4. The molecule has 1 aromatic carbocycles. The lowest BCUT2D eigenvalue weighted by Crippen LogP contribution is -2.40. The van der Waals surface area contributed by atoms with Gasteiger partial charge in [-0.2, -0.15) is 0 Å². The van der Waals surface area contributed by atoms with E-state index in [2.05, 4.69) is 15.6 Å². The number of imide groups is 1. The maximum atomic E-state index is 13.0. The van der Waals surface area contributed by atoms with Crippen LogP contribution in [-0.4, -0.2) is 46.5 Å². The van der Waals surface area contributed by atoms with Gasteiger partial charge in [-0.3, -0.25) is 19.5 Å². The second-order valence-corrected chi connectivity index (χ2v) is 7.68. The van der Waals surface area contributed by atoms with E-state index in [0.29, 0.717) is 40.8 Å². The highest BCUT2D eigenvalue weighted by molar-refractivity contribution is 7.99. The molecule has 2 N–H and O–H groups in total. The van der Waals surface area contributed by atoms with Crippen LogP contribution in [0.5, 0.6) is 0 Å². The number of hydrogen-bond donors (Lipinski definition) is 2. The largest absolute Gasteiger partial charge is 0.376 e. The first-order chi connectivity index (χ1) is 13.5. The van der Waals surface area contributed by atoms with Crippen LogP contribution in [0.1, 0.15) is 19.8 Å². The molecule has 1 unspecified atom stereocenters. The maximum Gasteiger partial charge on any atom is 0.321 e. The molecular weight excluding hydrogens is 404 g/mol. The van der Waals surface area contributed by atoms with E-state index < -0.39 is 11.9 Å². The van der Waals surface area contributed by atoms with Crippen molar-refractivity contribution in [2.24, 2.45) is 0 Å². The van der Waals surface area contributed by atoms with Crippen molar-refractivity contribution >= 4 is 46.2 Å². The standard InChI is InChI=1S/C18H21ClN4O4S/c1-2-20-17(26)22-15(24)10-28-18-21-14-8-11(19)5-6-13(14)16(25)23(18)9-12-4-3-7-27-12/h5-6,8,12H,2-4,7,9-10H2,1H3,(H2,20,22,24,26). The quantitative estimate of drug-likeness (QED) is 0.544. The van der Waals surface area contributed by atoms with Gasteiger partial charge in [-0.15, -0.1) is 0 Å². The van der Waals surface area contributed by atoms with Gasteiger partial charge in [-0.1, -0.05) is 23.4 Å². The van der Waals surface area contributed by atoms with Crippen molar-refractivity contribution in [3.8, 4) is 0 Å². The molecule has 2 aromatic rings. The third kappa shape index (κ3) is 5.03. The predicted octanol–water partition coefficient (Wildman–Crippen LogP) is 2.17. The van der Waals surface area contributed by atoms with Crippen molar-refractivity contribution in [2.75, 3.05) is 18.9 Å². The van der Waals surface area contributed by atoms with Gasteiger partial charge >= 0.3 is 6.03 Å². The molecule has 1 aromatic heterocycles. The number of urea groups is 1. The molecule has 8 nitrogen and oxygen atoms in total. The SMILES string of the molecule is CCNC(=O)NC(=O)CSc1nc2cc(Cl)ccc2c(=O)n1CC1CCCO1. The Kier molecular flexibility index (Phi) is 6.93. The number of carbonyl (C=O) groups excluding carboxylic acids is 2. The van der Waals surface area contributed by atoms with E-state index in [1.165, 1.54) is 4.57 Å². The summed E-state index contributed by atoms with van der Waals surface area (Å²) in [5.41, 5.74) is 0.261. The molecule has 28 heavy (non-hydrogen) atoms. The Labute approximate surface area is 171 Å². The number of halogens is 1. The molecule has 3 amide bonds. The first-order valence-electron chi connectivity index (χ1n) is 9.00. The molecule has 1 aliphatic rings. The molecule has 0 aliphatic carbocycles.